The second-order valence-electron chi connectivity index (χ2n) is 3.41. The summed E-state index contributed by atoms with van der Waals surface area (Å²) in [5.41, 5.74) is 3.82. The Bertz CT molecular complexity index is 308. The molecule has 67 valence electrons. The minimum Gasteiger partial charge on any atom is -0.0809 e. The van der Waals surface area contributed by atoms with Gasteiger partial charge in [0, 0.05) is 5.92 Å². The molecule has 0 bridgehead atoms. The zero-order valence-corrected chi connectivity index (χ0v) is 8.52. The van der Waals surface area contributed by atoms with Crippen LogP contribution in [0, 0.1) is 26.2 Å². The monoisotopic (exact) mass is 171 g/mol. The van der Waals surface area contributed by atoms with Crippen LogP contribution in [0.4, 0.5) is 0 Å². The fourth-order valence-corrected chi connectivity index (χ4v) is 1.76. The Morgan fingerprint density at radius 3 is 2.23 bits per heavy atom. The number of benzene rings is 1. The zero-order valence-electron chi connectivity index (χ0n) is 8.52. The summed E-state index contributed by atoms with van der Waals surface area (Å²) in [6, 6.07) is 6.26. The van der Waals surface area contributed by atoms with Gasteiger partial charge in [0.15, 0.2) is 0 Å². The van der Waals surface area contributed by atoms with Gasteiger partial charge in [-0.3, -0.25) is 0 Å². The first-order valence-electron chi connectivity index (χ1n) is 4.69. The smallest absolute Gasteiger partial charge is 0.0465 e. The van der Waals surface area contributed by atoms with E-state index in [-0.39, 0.29) is 5.92 Å². The van der Waals surface area contributed by atoms with Crippen LogP contribution in [0.1, 0.15) is 36.0 Å². The van der Waals surface area contributed by atoms with E-state index in [0.29, 0.717) is 0 Å². The van der Waals surface area contributed by atoms with Crippen molar-refractivity contribution in [3.63, 3.8) is 0 Å². The molecule has 1 radical (unpaired) electrons. The van der Waals surface area contributed by atoms with Gasteiger partial charge < -0.3 is 0 Å². The van der Waals surface area contributed by atoms with Gasteiger partial charge in [0.2, 0.25) is 0 Å². The predicted octanol–water partition coefficient (Wildman–Crippen LogP) is 3.39. The molecule has 13 heavy (non-hydrogen) atoms. The van der Waals surface area contributed by atoms with E-state index in [1.165, 1.54) is 16.7 Å². The summed E-state index contributed by atoms with van der Waals surface area (Å²) in [4.78, 5) is 0. The molecule has 1 atom stereocenters. The molecule has 0 aliphatic heterocycles. The molecule has 0 aromatic heterocycles. The molecular formula is C13H15. The van der Waals surface area contributed by atoms with Gasteiger partial charge in [-0.15, -0.1) is 0 Å². The second-order valence-corrected chi connectivity index (χ2v) is 3.41. The molecule has 0 saturated carbocycles. The maximum Gasteiger partial charge on any atom is 0.0465 e. The molecule has 0 aliphatic rings. The Hall–Kier alpha value is -1.22. The van der Waals surface area contributed by atoms with E-state index in [4.69, 9.17) is 6.42 Å². The summed E-state index contributed by atoms with van der Waals surface area (Å²) in [5.74, 6) is 2.77. The average molecular weight is 171 g/mol. The summed E-state index contributed by atoms with van der Waals surface area (Å²) in [6.45, 7) is 6.29. The lowest BCUT2D eigenvalue weighted by Gasteiger charge is -2.14. The highest BCUT2D eigenvalue weighted by Gasteiger charge is 2.10. The normalized spacial score (nSPS) is 12.2. The van der Waals surface area contributed by atoms with Gasteiger partial charge in [-0.1, -0.05) is 31.0 Å². The van der Waals surface area contributed by atoms with Gasteiger partial charge >= 0.3 is 0 Å². The maximum atomic E-state index is 7.24. The average Bonchev–Trinajstić information content (AvgIpc) is 2.11. The first-order chi connectivity index (χ1) is 6.20. The van der Waals surface area contributed by atoms with Crippen molar-refractivity contribution in [1.29, 1.82) is 0 Å². The molecule has 0 N–H and O–H groups in total. The highest BCUT2D eigenvalue weighted by Crippen LogP contribution is 2.25. The van der Waals surface area contributed by atoms with Crippen molar-refractivity contribution in [2.24, 2.45) is 0 Å². The van der Waals surface area contributed by atoms with Gasteiger partial charge in [0.25, 0.3) is 0 Å². The molecule has 0 saturated heterocycles. The lowest BCUT2D eigenvalue weighted by Crippen LogP contribution is -1.99. The van der Waals surface area contributed by atoms with Crippen LogP contribution >= 0.6 is 0 Å². The van der Waals surface area contributed by atoms with Gasteiger partial charge in [-0.25, -0.2) is 0 Å². The number of hydrogen-bond donors (Lipinski definition) is 0. The minimum atomic E-state index is 0.168. The Balaban J connectivity index is 3.20. The number of rotatable bonds is 2. The molecule has 1 aromatic rings. The van der Waals surface area contributed by atoms with Crippen molar-refractivity contribution in [1.82, 2.24) is 0 Å². The maximum absolute atomic E-state index is 7.24. The van der Waals surface area contributed by atoms with Gasteiger partial charge in [0.05, 0.1) is 0 Å². The summed E-state index contributed by atoms with van der Waals surface area (Å²) < 4.78 is 0. The Morgan fingerprint density at radius 2 is 1.85 bits per heavy atom. The van der Waals surface area contributed by atoms with Gasteiger partial charge in [-0.05, 0) is 43.4 Å². The molecule has 0 fully saturated rings. The second kappa shape index (κ2) is 4.14. The van der Waals surface area contributed by atoms with Crippen LogP contribution in [-0.2, 0) is 0 Å². The standard InChI is InChI=1S/C13H15/c1-5-12(6-2)13-10(3)8-7-9-11(13)4/h7-9,12H,5H2,1,3-4H3. The van der Waals surface area contributed by atoms with Crippen LogP contribution in [0.25, 0.3) is 0 Å². The van der Waals surface area contributed by atoms with Crippen LogP contribution in [-0.4, -0.2) is 0 Å². The van der Waals surface area contributed by atoms with Gasteiger partial charge in [0.1, 0.15) is 0 Å². The number of hydrogen-bond acceptors (Lipinski definition) is 0. The van der Waals surface area contributed by atoms with Crippen molar-refractivity contribution in [2.75, 3.05) is 0 Å². The summed E-state index contributed by atoms with van der Waals surface area (Å²) in [5, 5.41) is 0. The molecule has 1 rings (SSSR count). The first-order valence-corrected chi connectivity index (χ1v) is 4.69. The van der Waals surface area contributed by atoms with Crippen molar-refractivity contribution in [2.45, 2.75) is 33.1 Å². The Kier molecular flexibility index (Phi) is 3.14. The van der Waals surface area contributed by atoms with E-state index >= 15 is 0 Å². The highest BCUT2D eigenvalue weighted by atomic mass is 14.1. The largest absolute Gasteiger partial charge is 0.0809 e. The van der Waals surface area contributed by atoms with E-state index in [9.17, 15) is 0 Å². The molecule has 0 nitrogen and oxygen atoms in total. The summed E-state index contributed by atoms with van der Waals surface area (Å²) in [6.07, 6.45) is 8.19. The Labute approximate surface area is 81.0 Å². The van der Waals surface area contributed by atoms with Crippen molar-refractivity contribution in [3.8, 4) is 5.92 Å². The quantitative estimate of drug-likeness (QED) is 0.598. The fourth-order valence-electron chi connectivity index (χ4n) is 1.76. The fraction of sp³-hybridized carbons (Fsp3) is 0.385. The lowest BCUT2D eigenvalue weighted by atomic mass is 9.90. The van der Waals surface area contributed by atoms with Crippen LogP contribution < -0.4 is 0 Å². The van der Waals surface area contributed by atoms with E-state index in [1.54, 1.807) is 0 Å². The van der Waals surface area contributed by atoms with E-state index < -0.39 is 0 Å². The molecule has 0 spiro atoms. The summed E-state index contributed by atoms with van der Waals surface area (Å²) >= 11 is 0. The molecular weight excluding hydrogens is 156 g/mol. The molecule has 0 heterocycles. The third-order valence-corrected chi connectivity index (χ3v) is 2.47. The van der Waals surface area contributed by atoms with Crippen LogP contribution in [0.3, 0.4) is 0 Å². The van der Waals surface area contributed by atoms with E-state index in [1.807, 2.05) is 0 Å². The van der Waals surface area contributed by atoms with Crippen LogP contribution in [0.15, 0.2) is 18.2 Å². The predicted molar refractivity (Wildman–Crippen MR) is 56.1 cm³/mol. The number of aryl methyl sites for hydroxylation is 2. The third-order valence-electron chi connectivity index (χ3n) is 2.47. The van der Waals surface area contributed by atoms with E-state index in [2.05, 4.69) is 44.9 Å². The summed E-state index contributed by atoms with van der Waals surface area (Å²) in [7, 11) is 0. The molecule has 1 unspecified atom stereocenters. The van der Waals surface area contributed by atoms with E-state index in [0.717, 1.165) is 6.42 Å². The van der Waals surface area contributed by atoms with Crippen LogP contribution in [0.5, 0.6) is 0 Å². The van der Waals surface area contributed by atoms with Gasteiger partial charge in [-0.2, -0.15) is 0 Å². The molecule has 1 aromatic carbocycles. The van der Waals surface area contributed by atoms with Crippen molar-refractivity contribution >= 4 is 0 Å². The Morgan fingerprint density at radius 1 is 1.31 bits per heavy atom. The molecule has 0 amide bonds. The zero-order chi connectivity index (χ0) is 9.84. The topological polar surface area (TPSA) is 0 Å². The first kappa shape index (κ1) is 9.86. The third kappa shape index (κ3) is 1.92. The highest BCUT2D eigenvalue weighted by molar-refractivity contribution is 5.39. The van der Waals surface area contributed by atoms with Crippen LogP contribution in [0.2, 0.25) is 0 Å². The van der Waals surface area contributed by atoms with Crippen molar-refractivity contribution < 1.29 is 0 Å². The SMILES string of the molecule is [C]#CC(CC)c1c(C)cccc1C. The van der Waals surface area contributed by atoms with Crippen molar-refractivity contribution in [3.05, 3.63) is 41.3 Å². The minimum absolute atomic E-state index is 0.168. The molecule has 0 heteroatoms. The lowest BCUT2D eigenvalue weighted by molar-refractivity contribution is 0.815. The molecule has 0 aliphatic carbocycles.